The number of amides is 1. The number of nitrogens with zero attached hydrogens (tertiary/aromatic N) is 2. The van der Waals surface area contributed by atoms with Gasteiger partial charge < -0.3 is 9.64 Å². The third-order valence-electron chi connectivity index (χ3n) is 3.95. The molecule has 26 heavy (non-hydrogen) atoms. The second-order valence-corrected chi connectivity index (χ2v) is 7.09. The highest BCUT2D eigenvalue weighted by Crippen LogP contribution is 2.22. The number of aromatic nitrogens is 1. The molecule has 0 fully saturated rings. The summed E-state index contributed by atoms with van der Waals surface area (Å²) in [6.07, 6.45) is 0.869. The molecule has 1 aromatic heterocycles. The molecule has 0 saturated carbocycles. The number of fused-ring (bicyclic) bond motifs is 1. The van der Waals surface area contributed by atoms with Crippen molar-refractivity contribution in [1.82, 2.24) is 9.88 Å². The number of esters is 1. The Morgan fingerprint density at radius 2 is 1.81 bits per heavy atom. The standard InChI is InChI=1S/C20H20N2O3S/c1-22(13-18-21-16-9-5-6-10-17(16)26-18)19(23)14-25-20(24)12-11-15-7-3-2-4-8-15/h2-10H,11-14H2,1H3. The topological polar surface area (TPSA) is 59.5 Å². The fraction of sp³-hybridized carbons (Fsp3) is 0.250. The Morgan fingerprint density at radius 1 is 1.08 bits per heavy atom. The molecule has 0 spiro atoms. The maximum absolute atomic E-state index is 12.2. The van der Waals surface area contributed by atoms with E-state index in [1.165, 1.54) is 4.90 Å². The van der Waals surface area contributed by atoms with Crippen molar-refractivity contribution in [2.24, 2.45) is 0 Å². The Kier molecular flexibility index (Phi) is 5.96. The molecule has 0 aliphatic heterocycles. The Morgan fingerprint density at radius 3 is 2.58 bits per heavy atom. The number of thiazole rings is 1. The Labute approximate surface area is 156 Å². The molecule has 6 heteroatoms. The molecule has 0 unspecified atom stereocenters. The van der Waals surface area contributed by atoms with Gasteiger partial charge in [0, 0.05) is 13.5 Å². The van der Waals surface area contributed by atoms with Gasteiger partial charge in [-0.25, -0.2) is 4.98 Å². The van der Waals surface area contributed by atoms with E-state index >= 15 is 0 Å². The average molecular weight is 368 g/mol. The summed E-state index contributed by atoms with van der Waals surface area (Å²) < 4.78 is 6.19. The van der Waals surface area contributed by atoms with E-state index in [-0.39, 0.29) is 24.9 Å². The van der Waals surface area contributed by atoms with Crippen LogP contribution in [0.3, 0.4) is 0 Å². The van der Waals surface area contributed by atoms with Crippen molar-refractivity contribution in [3.05, 3.63) is 65.2 Å². The molecule has 5 nitrogen and oxygen atoms in total. The molecule has 0 bridgehead atoms. The number of benzene rings is 2. The van der Waals surface area contributed by atoms with Gasteiger partial charge >= 0.3 is 5.97 Å². The van der Waals surface area contributed by atoms with Crippen LogP contribution in [0.15, 0.2) is 54.6 Å². The van der Waals surface area contributed by atoms with E-state index in [1.54, 1.807) is 18.4 Å². The minimum atomic E-state index is -0.365. The van der Waals surface area contributed by atoms with Crippen molar-refractivity contribution in [3.8, 4) is 0 Å². The minimum absolute atomic E-state index is 0.239. The average Bonchev–Trinajstić information content (AvgIpc) is 3.07. The van der Waals surface area contributed by atoms with E-state index in [1.807, 2.05) is 54.6 Å². The number of para-hydroxylation sites is 1. The molecule has 1 heterocycles. The number of hydrogen-bond acceptors (Lipinski definition) is 5. The summed E-state index contributed by atoms with van der Waals surface area (Å²) in [5.41, 5.74) is 2.00. The van der Waals surface area contributed by atoms with E-state index in [0.717, 1.165) is 20.8 Å². The molecule has 0 aliphatic carbocycles. The summed E-state index contributed by atoms with van der Waals surface area (Å²) in [5, 5.41) is 0.859. The summed E-state index contributed by atoms with van der Waals surface area (Å²) in [4.78, 5) is 30.0. The van der Waals surface area contributed by atoms with Crippen LogP contribution in [0.2, 0.25) is 0 Å². The largest absolute Gasteiger partial charge is 0.456 e. The normalized spacial score (nSPS) is 10.7. The molecule has 0 N–H and O–H groups in total. The third kappa shape index (κ3) is 4.89. The van der Waals surface area contributed by atoms with Crippen molar-refractivity contribution < 1.29 is 14.3 Å². The van der Waals surface area contributed by atoms with Gasteiger partial charge in [-0.2, -0.15) is 0 Å². The summed E-state index contributed by atoms with van der Waals surface area (Å²) in [7, 11) is 1.69. The predicted octanol–water partition coefficient (Wildman–Crippen LogP) is 3.43. The fourth-order valence-electron chi connectivity index (χ4n) is 2.49. The zero-order valence-electron chi connectivity index (χ0n) is 14.6. The summed E-state index contributed by atoms with van der Waals surface area (Å²) >= 11 is 1.56. The van der Waals surface area contributed by atoms with Crippen LogP contribution in [0.25, 0.3) is 10.2 Å². The van der Waals surface area contributed by atoms with Crippen LogP contribution in [0.4, 0.5) is 0 Å². The van der Waals surface area contributed by atoms with E-state index in [4.69, 9.17) is 4.74 Å². The van der Waals surface area contributed by atoms with Crippen LogP contribution < -0.4 is 0 Å². The van der Waals surface area contributed by atoms with Crippen LogP contribution in [0.5, 0.6) is 0 Å². The number of likely N-dealkylation sites (N-methyl/N-ethyl adjacent to an activating group) is 1. The first-order valence-electron chi connectivity index (χ1n) is 8.40. The minimum Gasteiger partial charge on any atom is -0.456 e. The molecular formula is C20H20N2O3S. The van der Waals surface area contributed by atoms with Crippen molar-refractivity contribution in [2.75, 3.05) is 13.7 Å². The van der Waals surface area contributed by atoms with Crippen LogP contribution in [0.1, 0.15) is 17.0 Å². The highest BCUT2D eigenvalue weighted by molar-refractivity contribution is 7.18. The Balaban J connectivity index is 1.44. The van der Waals surface area contributed by atoms with Gasteiger partial charge in [0.05, 0.1) is 16.8 Å². The van der Waals surface area contributed by atoms with Gasteiger partial charge in [-0.1, -0.05) is 42.5 Å². The molecule has 3 aromatic rings. The van der Waals surface area contributed by atoms with E-state index < -0.39 is 0 Å². The van der Waals surface area contributed by atoms with Gasteiger partial charge in [0.25, 0.3) is 5.91 Å². The van der Waals surface area contributed by atoms with Gasteiger partial charge in [-0.3, -0.25) is 9.59 Å². The summed E-state index contributed by atoms with van der Waals surface area (Å²) in [5.74, 6) is -0.604. The second-order valence-electron chi connectivity index (χ2n) is 5.97. The van der Waals surface area contributed by atoms with Gasteiger partial charge in [0.15, 0.2) is 6.61 Å². The maximum Gasteiger partial charge on any atom is 0.306 e. The highest BCUT2D eigenvalue weighted by atomic mass is 32.1. The van der Waals surface area contributed by atoms with Gasteiger partial charge in [-0.05, 0) is 24.1 Å². The van der Waals surface area contributed by atoms with Gasteiger partial charge in [0.2, 0.25) is 0 Å². The molecule has 0 radical (unpaired) electrons. The molecule has 0 aliphatic rings. The first-order chi connectivity index (χ1) is 12.6. The zero-order chi connectivity index (χ0) is 18.4. The smallest absolute Gasteiger partial charge is 0.306 e. The van der Waals surface area contributed by atoms with E-state index in [9.17, 15) is 9.59 Å². The molecule has 3 rings (SSSR count). The molecule has 134 valence electrons. The van der Waals surface area contributed by atoms with Crippen LogP contribution in [0, 0.1) is 0 Å². The highest BCUT2D eigenvalue weighted by Gasteiger charge is 2.14. The molecule has 2 aromatic carbocycles. The van der Waals surface area contributed by atoms with Crippen molar-refractivity contribution in [2.45, 2.75) is 19.4 Å². The van der Waals surface area contributed by atoms with Crippen LogP contribution >= 0.6 is 11.3 Å². The molecule has 0 saturated heterocycles. The summed E-state index contributed by atoms with van der Waals surface area (Å²) in [6.45, 7) is 0.161. The monoisotopic (exact) mass is 368 g/mol. The van der Waals surface area contributed by atoms with Crippen LogP contribution in [-0.4, -0.2) is 35.4 Å². The lowest BCUT2D eigenvalue weighted by molar-refractivity contribution is -0.151. The van der Waals surface area contributed by atoms with Crippen molar-refractivity contribution in [3.63, 3.8) is 0 Å². The van der Waals surface area contributed by atoms with Crippen molar-refractivity contribution in [1.29, 1.82) is 0 Å². The number of rotatable bonds is 7. The van der Waals surface area contributed by atoms with E-state index in [2.05, 4.69) is 4.98 Å². The quantitative estimate of drug-likeness (QED) is 0.600. The number of ether oxygens (including phenoxy) is 1. The molecular weight excluding hydrogens is 348 g/mol. The van der Waals surface area contributed by atoms with E-state index in [0.29, 0.717) is 13.0 Å². The lowest BCUT2D eigenvalue weighted by Crippen LogP contribution is -2.30. The zero-order valence-corrected chi connectivity index (χ0v) is 15.4. The maximum atomic E-state index is 12.2. The Bertz CT molecular complexity index is 859. The Hall–Kier alpha value is -2.73. The molecule has 1 amide bonds. The fourth-order valence-corrected chi connectivity index (χ4v) is 3.52. The van der Waals surface area contributed by atoms with Gasteiger partial charge in [-0.15, -0.1) is 11.3 Å². The lowest BCUT2D eigenvalue weighted by atomic mass is 10.1. The second kappa shape index (κ2) is 8.58. The molecule has 0 atom stereocenters. The SMILES string of the molecule is CN(Cc1nc2ccccc2s1)C(=O)COC(=O)CCc1ccccc1. The van der Waals surface area contributed by atoms with Crippen molar-refractivity contribution >= 4 is 33.4 Å². The first-order valence-corrected chi connectivity index (χ1v) is 9.21. The predicted molar refractivity (Wildman–Crippen MR) is 102 cm³/mol. The first kappa shape index (κ1) is 18.1. The van der Waals surface area contributed by atoms with Crippen LogP contribution in [-0.2, 0) is 27.3 Å². The third-order valence-corrected chi connectivity index (χ3v) is 4.97. The number of carbonyl (C=O) groups excluding carboxylic acids is 2. The number of carbonyl (C=O) groups is 2. The number of hydrogen-bond donors (Lipinski definition) is 0. The lowest BCUT2D eigenvalue weighted by Gasteiger charge is -2.15. The van der Waals surface area contributed by atoms with Gasteiger partial charge in [0.1, 0.15) is 5.01 Å². The number of aryl methyl sites for hydroxylation is 1. The summed E-state index contributed by atoms with van der Waals surface area (Å²) in [6, 6.07) is 17.6.